The lowest BCUT2D eigenvalue weighted by Crippen LogP contribution is -2.54. The van der Waals surface area contributed by atoms with E-state index < -0.39 is 23.8 Å². The molecule has 3 aliphatic heterocycles. The Balaban J connectivity index is 1.45. The average Bonchev–Trinajstić information content (AvgIpc) is 2.95. The molecule has 4 rings (SSSR count). The Bertz CT molecular complexity index is 861. The largest absolute Gasteiger partial charge is 0.317 e. The zero-order valence-electron chi connectivity index (χ0n) is 17.0. The highest BCUT2D eigenvalue weighted by Gasteiger charge is 2.45. The normalized spacial score (nSPS) is 25.0. The van der Waals surface area contributed by atoms with E-state index in [9.17, 15) is 19.2 Å². The first-order chi connectivity index (χ1) is 14.6. The number of carbonyl (C=O) groups excluding carboxylic acids is 4. The molecule has 2 unspecified atom stereocenters. The summed E-state index contributed by atoms with van der Waals surface area (Å²) >= 11 is 0. The fraction of sp³-hybridized carbons (Fsp3) is 0.545. The fourth-order valence-corrected chi connectivity index (χ4v) is 4.61. The fourth-order valence-electron chi connectivity index (χ4n) is 4.61. The van der Waals surface area contributed by atoms with Gasteiger partial charge in [-0.3, -0.25) is 29.4 Å². The highest BCUT2D eigenvalue weighted by atomic mass is 16.2. The van der Waals surface area contributed by atoms with Gasteiger partial charge in [0.25, 0.3) is 11.8 Å². The van der Waals surface area contributed by atoms with Gasteiger partial charge in [0, 0.05) is 13.0 Å². The molecular formula is C22H28N4O4. The molecule has 0 radical (unpaired) electrons. The minimum Gasteiger partial charge on any atom is -0.317 e. The Morgan fingerprint density at radius 1 is 1.00 bits per heavy atom. The van der Waals surface area contributed by atoms with Crippen LogP contribution in [-0.4, -0.2) is 54.2 Å². The maximum Gasteiger partial charge on any atom is 0.262 e. The van der Waals surface area contributed by atoms with Gasteiger partial charge >= 0.3 is 0 Å². The Morgan fingerprint density at radius 2 is 1.87 bits per heavy atom. The maximum atomic E-state index is 13.1. The summed E-state index contributed by atoms with van der Waals surface area (Å²) in [5.74, 6) is -1.28. The third kappa shape index (κ3) is 4.15. The molecule has 0 bridgehead atoms. The molecule has 2 atom stereocenters. The average molecular weight is 412 g/mol. The number of amides is 4. The number of rotatable bonds is 5. The van der Waals surface area contributed by atoms with Crippen molar-refractivity contribution in [1.82, 2.24) is 20.9 Å². The summed E-state index contributed by atoms with van der Waals surface area (Å²) in [5.41, 5.74) is 1.47. The topological polar surface area (TPSA) is 108 Å². The Morgan fingerprint density at radius 3 is 2.70 bits per heavy atom. The van der Waals surface area contributed by atoms with Crippen LogP contribution < -0.4 is 16.0 Å². The third-order valence-electron chi connectivity index (χ3n) is 6.25. The molecule has 3 heterocycles. The van der Waals surface area contributed by atoms with Crippen LogP contribution in [0.25, 0.3) is 0 Å². The predicted molar refractivity (Wildman–Crippen MR) is 110 cm³/mol. The number of benzene rings is 1. The van der Waals surface area contributed by atoms with Crippen molar-refractivity contribution < 1.29 is 19.2 Å². The summed E-state index contributed by atoms with van der Waals surface area (Å²) in [6.07, 6.45) is 5.03. The van der Waals surface area contributed by atoms with Crippen LogP contribution in [0.1, 0.15) is 64.8 Å². The molecule has 3 aliphatic rings. The van der Waals surface area contributed by atoms with Crippen LogP contribution in [0.5, 0.6) is 0 Å². The van der Waals surface area contributed by atoms with E-state index in [4.69, 9.17) is 0 Å². The van der Waals surface area contributed by atoms with E-state index in [1.54, 1.807) is 12.1 Å². The Kier molecular flexibility index (Phi) is 6.24. The van der Waals surface area contributed by atoms with Crippen LogP contribution in [0.2, 0.25) is 0 Å². The molecule has 160 valence electrons. The maximum absolute atomic E-state index is 13.1. The first-order valence-corrected chi connectivity index (χ1v) is 10.8. The smallest absolute Gasteiger partial charge is 0.262 e. The molecule has 4 amide bonds. The monoisotopic (exact) mass is 412 g/mol. The lowest BCUT2D eigenvalue weighted by molar-refractivity contribution is -0.136. The summed E-state index contributed by atoms with van der Waals surface area (Å²) in [7, 11) is 0. The second-order valence-electron chi connectivity index (χ2n) is 8.32. The van der Waals surface area contributed by atoms with Crippen molar-refractivity contribution >= 4 is 23.6 Å². The van der Waals surface area contributed by atoms with E-state index >= 15 is 0 Å². The zero-order chi connectivity index (χ0) is 21.1. The Labute approximate surface area is 175 Å². The van der Waals surface area contributed by atoms with Gasteiger partial charge < -0.3 is 10.6 Å². The summed E-state index contributed by atoms with van der Waals surface area (Å²) in [4.78, 5) is 50.7. The lowest BCUT2D eigenvalue weighted by atomic mass is 9.96. The second-order valence-corrected chi connectivity index (χ2v) is 8.32. The summed E-state index contributed by atoms with van der Waals surface area (Å²) in [5, 5.41) is 9.13. The molecule has 1 aromatic carbocycles. The molecule has 30 heavy (non-hydrogen) atoms. The number of imide groups is 2. The van der Waals surface area contributed by atoms with Gasteiger partial charge in [0.15, 0.2) is 0 Å². The van der Waals surface area contributed by atoms with Gasteiger partial charge in [0.1, 0.15) is 6.04 Å². The van der Waals surface area contributed by atoms with Crippen LogP contribution in [-0.2, 0) is 16.1 Å². The van der Waals surface area contributed by atoms with E-state index in [2.05, 4.69) is 16.0 Å². The van der Waals surface area contributed by atoms with Crippen molar-refractivity contribution in [3.8, 4) is 0 Å². The van der Waals surface area contributed by atoms with Crippen molar-refractivity contribution in [2.45, 2.75) is 51.1 Å². The third-order valence-corrected chi connectivity index (χ3v) is 6.25. The molecular weight excluding hydrogens is 384 g/mol. The van der Waals surface area contributed by atoms with Crippen LogP contribution in [0, 0.1) is 5.92 Å². The number of hydrogen-bond donors (Lipinski definition) is 3. The van der Waals surface area contributed by atoms with Gasteiger partial charge in [-0.05, 0) is 62.9 Å². The van der Waals surface area contributed by atoms with Crippen molar-refractivity contribution in [2.24, 2.45) is 5.92 Å². The number of fused-ring (bicyclic) bond motifs is 1. The Hall–Kier alpha value is -2.58. The highest BCUT2D eigenvalue weighted by Crippen LogP contribution is 2.30. The molecule has 2 saturated heterocycles. The number of piperidine rings is 1. The molecule has 0 aliphatic carbocycles. The molecule has 0 spiro atoms. The summed E-state index contributed by atoms with van der Waals surface area (Å²) in [6, 6.07) is 4.32. The predicted octanol–water partition coefficient (Wildman–Crippen LogP) is 0.957. The van der Waals surface area contributed by atoms with E-state index in [-0.39, 0.29) is 18.7 Å². The second kappa shape index (κ2) is 9.06. The number of nitrogens with zero attached hydrogens (tertiary/aromatic N) is 1. The molecule has 8 heteroatoms. The number of nitrogens with one attached hydrogen (secondary N) is 3. The van der Waals surface area contributed by atoms with Crippen molar-refractivity contribution in [3.63, 3.8) is 0 Å². The minimum absolute atomic E-state index is 0.120. The zero-order valence-corrected chi connectivity index (χ0v) is 17.0. The van der Waals surface area contributed by atoms with Gasteiger partial charge in [-0.25, -0.2) is 0 Å². The van der Waals surface area contributed by atoms with E-state index in [0.717, 1.165) is 36.5 Å². The summed E-state index contributed by atoms with van der Waals surface area (Å²) in [6.45, 7) is 3.48. The van der Waals surface area contributed by atoms with E-state index in [1.165, 1.54) is 19.3 Å². The molecule has 0 aromatic heterocycles. The van der Waals surface area contributed by atoms with Crippen molar-refractivity contribution in [1.29, 1.82) is 0 Å². The first-order valence-electron chi connectivity index (χ1n) is 10.8. The van der Waals surface area contributed by atoms with E-state index in [0.29, 0.717) is 23.6 Å². The van der Waals surface area contributed by atoms with Crippen LogP contribution in [0.15, 0.2) is 18.2 Å². The summed E-state index contributed by atoms with van der Waals surface area (Å²) < 4.78 is 0. The van der Waals surface area contributed by atoms with E-state index in [1.807, 2.05) is 6.07 Å². The van der Waals surface area contributed by atoms with Gasteiger partial charge in [0.05, 0.1) is 11.1 Å². The van der Waals surface area contributed by atoms with Gasteiger partial charge in [0.2, 0.25) is 11.8 Å². The molecule has 1 aromatic rings. The van der Waals surface area contributed by atoms with Crippen molar-refractivity contribution in [2.75, 3.05) is 19.6 Å². The minimum atomic E-state index is -0.932. The molecule has 8 nitrogen and oxygen atoms in total. The molecule has 2 fully saturated rings. The highest BCUT2D eigenvalue weighted by molar-refractivity contribution is 6.24. The number of carbonyl (C=O) groups is 4. The van der Waals surface area contributed by atoms with Crippen LogP contribution in [0.4, 0.5) is 0 Å². The first kappa shape index (κ1) is 20.7. The number of hydrogen-bond acceptors (Lipinski definition) is 6. The molecule has 0 saturated carbocycles. The van der Waals surface area contributed by atoms with Gasteiger partial charge in [-0.15, -0.1) is 0 Å². The standard InChI is InChI=1S/C22H28N4O4/c27-18-8-7-17(20(28)25-18)26-21(29)16-6-3-5-15(19(16)22(26)30)13-24-12-14-4-1-2-10-23-11-9-14/h3,5-6,14,17,23-24H,1-2,4,7-13H2,(H,25,27,28). The van der Waals surface area contributed by atoms with Gasteiger partial charge in [-0.2, -0.15) is 0 Å². The van der Waals surface area contributed by atoms with Crippen molar-refractivity contribution in [3.05, 3.63) is 34.9 Å². The van der Waals surface area contributed by atoms with Crippen LogP contribution >= 0.6 is 0 Å². The quantitative estimate of drug-likeness (QED) is 0.622. The van der Waals surface area contributed by atoms with Gasteiger partial charge in [-0.1, -0.05) is 18.6 Å². The SMILES string of the molecule is O=C1CCC(N2C(=O)c3cccc(CNCC4CCCCNCC4)c3C2=O)C(=O)N1. The van der Waals surface area contributed by atoms with Crippen LogP contribution in [0.3, 0.4) is 0 Å². The molecule has 3 N–H and O–H groups in total. The lowest BCUT2D eigenvalue weighted by Gasteiger charge is -2.27.